The summed E-state index contributed by atoms with van der Waals surface area (Å²) in [5.74, 6) is 0. The molecule has 2 aromatic heterocycles. The normalized spacial score (nSPS) is 11.1. The topological polar surface area (TPSA) is 39.8 Å². The smallest absolute Gasteiger partial charge is 0.299 e. The third kappa shape index (κ3) is 3.86. The van der Waals surface area contributed by atoms with Gasteiger partial charge in [-0.3, -0.25) is 14.1 Å². The predicted molar refractivity (Wildman–Crippen MR) is 92.5 cm³/mol. The summed E-state index contributed by atoms with van der Waals surface area (Å²) in [7, 11) is 0. The van der Waals surface area contributed by atoms with E-state index in [0.29, 0.717) is 0 Å². The molecule has 0 atom stereocenters. The van der Waals surface area contributed by atoms with Crippen molar-refractivity contribution in [2.45, 2.75) is 19.4 Å². The molecule has 1 aromatic carbocycles. The van der Waals surface area contributed by atoms with Gasteiger partial charge < -0.3 is 0 Å². The van der Waals surface area contributed by atoms with E-state index in [1.165, 1.54) is 5.56 Å². The molecule has 0 spiro atoms. The fourth-order valence-corrected chi connectivity index (χ4v) is 2.45. The summed E-state index contributed by atoms with van der Waals surface area (Å²) in [5.41, 5.74) is 2.03. The quantitative estimate of drug-likeness (QED) is 0.654. The van der Waals surface area contributed by atoms with Crippen LogP contribution in [-0.4, -0.2) is 14.1 Å². The summed E-state index contributed by atoms with van der Waals surface area (Å²) in [4.78, 5) is 16.3. The van der Waals surface area contributed by atoms with Gasteiger partial charge in [0.2, 0.25) is 0 Å². The molecule has 0 radical (unpaired) electrons. The number of unbranched alkanes of at least 4 members (excludes halogenated alkanes) is 1. The summed E-state index contributed by atoms with van der Waals surface area (Å²) >= 11 is 0. The Labute approximate surface area is 135 Å². The van der Waals surface area contributed by atoms with Crippen molar-refractivity contribution in [2.75, 3.05) is 0 Å². The van der Waals surface area contributed by atoms with Crippen molar-refractivity contribution < 1.29 is 0 Å². The van der Waals surface area contributed by atoms with Crippen LogP contribution >= 0.6 is 0 Å². The largest absolute Gasteiger partial charge is 0.332 e. The number of hydrogen-bond donors (Lipinski definition) is 0. The molecule has 0 saturated carbocycles. The molecule has 0 unspecified atom stereocenters. The number of hydrogen-bond acceptors (Lipinski definition) is 2. The van der Waals surface area contributed by atoms with Crippen molar-refractivity contribution in [3.05, 3.63) is 89.4 Å². The maximum absolute atomic E-state index is 12.3. The van der Waals surface area contributed by atoms with Crippen molar-refractivity contribution in [2.24, 2.45) is 0 Å². The van der Waals surface area contributed by atoms with Gasteiger partial charge in [-0.15, -0.1) is 0 Å². The molecule has 0 aliphatic carbocycles. The van der Waals surface area contributed by atoms with Crippen LogP contribution in [0.1, 0.15) is 18.4 Å². The lowest BCUT2D eigenvalue weighted by Gasteiger charge is -2.01. The SMILES string of the molecule is O=c1n(CCC/C=C/c2ccccc2)ccn1-c1ccncc1. The van der Waals surface area contributed by atoms with Crippen LogP contribution in [0.15, 0.2) is 78.1 Å². The van der Waals surface area contributed by atoms with Crippen LogP contribution in [0.4, 0.5) is 0 Å². The number of pyridine rings is 1. The van der Waals surface area contributed by atoms with Crippen molar-refractivity contribution >= 4 is 6.08 Å². The highest BCUT2D eigenvalue weighted by atomic mass is 16.1. The predicted octanol–water partition coefficient (Wildman–Crippen LogP) is 3.53. The fraction of sp³-hybridized carbons (Fsp3) is 0.158. The minimum Gasteiger partial charge on any atom is -0.299 e. The van der Waals surface area contributed by atoms with Crippen LogP contribution in [0.25, 0.3) is 11.8 Å². The van der Waals surface area contributed by atoms with Gasteiger partial charge in [0.1, 0.15) is 0 Å². The zero-order valence-electron chi connectivity index (χ0n) is 12.9. The molecule has 0 N–H and O–H groups in total. The lowest BCUT2D eigenvalue weighted by atomic mass is 10.2. The van der Waals surface area contributed by atoms with Gasteiger partial charge in [-0.1, -0.05) is 42.5 Å². The Morgan fingerprint density at radius 1 is 1.00 bits per heavy atom. The summed E-state index contributed by atoms with van der Waals surface area (Å²) in [5, 5.41) is 0. The number of nitrogens with zero attached hydrogens (tertiary/aromatic N) is 3. The van der Waals surface area contributed by atoms with E-state index in [1.807, 2.05) is 36.5 Å². The second-order valence-electron chi connectivity index (χ2n) is 5.30. The fourth-order valence-electron chi connectivity index (χ4n) is 2.45. The highest BCUT2D eigenvalue weighted by molar-refractivity contribution is 5.48. The summed E-state index contributed by atoms with van der Waals surface area (Å²) in [6.07, 6.45) is 13.2. The van der Waals surface area contributed by atoms with Crippen LogP contribution in [0.2, 0.25) is 0 Å². The van der Waals surface area contributed by atoms with E-state index < -0.39 is 0 Å². The second-order valence-corrected chi connectivity index (χ2v) is 5.30. The first-order valence-electron chi connectivity index (χ1n) is 7.74. The van der Waals surface area contributed by atoms with Crippen LogP contribution in [0, 0.1) is 0 Å². The Balaban J connectivity index is 1.56. The average Bonchev–Trinajstić information content (AvgIpc) is 2.97. The van der Waals surface area contributed by atoms with Gasteiger partial charge in [0.25, 0.3) is 0 Å². The molecule has 23 heavy (non-hydrogen) atoms. The average molecular weight is 305 g/mol. The van der Waals surface area contributed by atoms with E-state index in [4.69, 9.17) is 0 Å². The Kier molecular flexibility index (Phi) is 4.84. The number of benzene rings is 1. The van der Waals surface area contributed by atoms with E-state index in [1.54, 1.807) is 27.7 Å². The van der Waals surface area contributed by atoms with Crippen molar-refractivity contribution in [1.82, 2.24) is 14.1 Å². The van der Waals surface area contributed by atoms with Crippen molar-refractivity contribution in [3.8, 4) is 5.69 Å². The minimum atomic E-state index is -0.0109. The van der Waals surface area contributed by atoms with Crippen molar-refractivity contribution in [3.63, 3.8) is 0 Å². The molecule has 0 saturated heterocycles. The number of aryl methyl sites for hydroxylation is 1. The Morgan fingerprint density at radius 2 is 1.78 bits per heavy atom. The molecular weight excluding hydrogens is 286 g/mol. The molecular formula is C19H19N3O. The number of imidazole rings is 1. The molecule has 0 amide bonds. The van der Waals surface area contributed by atoms with E-state index >= 15 is 0 Å². The third-order valence-electron chi connectivity index (χ3n) is 3.67. The highest BCUT2D eigenvalue weighted by Gasteiger charge is 2.04. The lowest BCUT2D eigenvalue weighted by Crippen LogP contribution is -2.22. The van der Waals surface area contributed by atoms with Crippen LogP contribution in [0.3, 0.4) is 0 Å². The van der Waals surface area contributed by atoms with E-state index in [0.717, 1.165) is 25.1 Å². The summed E-state index contributed by atoms with van der Waals surface area (Å²) in [6.45, 7) is 0.718. The Hall–Kier alpha value is -2.88. The van der Waals surface area contributed by atoms with Gasteiger partial charge >= 0.3 is 5.69 Å². The molecule has 0 aliphatic heterocycles. The first-order valence-corrected chi connectivity index (χ1v) is 7.74. The maximum atomic E-state index is 12.3. The number of rotatable bonds is 6. The molecule has 3 aromatic rings. The van der Waals surface area contributed by atoms with E-state index in [9.17, 15) is 4.79 Å². The van der Waals surface area contributed by atoms with Crippen LogP contribution in [0.5, 0.6) is 0 Å². The molecule has 3 rings (SSSR count). The molecule has 0 bridgehead atoms. The summed E-state index contributed by atoms with van der Waals surface area (Å²) in [6, 6.07) is 13.9. The molecule has 0 aliphatic rings. The minimum absolute atomic E-state index is 0.0109. The molecule has 116 valence electrons. The lowest BCUT2D eigenvalue weighted by molar-refractivity contribution is 0.624. The zero-order chi connectivity index (χ0) is 15.9. The first kappa shape index (κ1) is 15.0. The molecule has 0 fully saturated rings. The van der Waals surface area contributed by atoms with Gasteiger partial charge in [-0.25, -0.2) is 4.79 Å². The van der Waals surface area contributed by atoms with Gasteiger partial charge in [0.05, 0.1) is 5.69 Å². The van der Waals surface area contributed by atoms with E-state index in [-0.39, 0.29) is 5.69 Å². The third-order valence-corrected chi connectivity index (χ3v) is 3.67. The van der Waals surface area contributed by atoms with Gasteiger partial charge in [-0.05, 0) is 30.5 Å². The maximum Gasteiger partial charge on any atom is 0.332 e. The van der Waals surface area contributed by atoms with E-state index in [2.05, 4.69) is 29.3 Å². The number of allylic oxidation sites excluding steroid dienone is 1. The number of aromatic nitrogens is 3. The monoisotopic (exact) mass is 305 g/mol. The van der Waals surface area contributed by atoms with Gasteiger partial charge in [0.15, 0.2) is 0 Å². The first-order chi connectivity index (χ1) is 11.3. The highest BCUT2D eigenvalue weighted by Crippen LogP contribution is 2.05. The molecule has 4 nitrogen and oxygen atoms in total. The zero-order valence-corrected chi connectivity index (χ0v) is 12.9. The van der Waals surface area contributed by atoms with Crippen LogP contribution < -0.4 is 5.69 Å². The molecule has 2 heterocycles. The second kappa shape index (κ2) is 7.40. The van der Waals surface area contributed by atoms with Gasteiger partial charge in [-0.2, -0.15) is 0 Å². The Morgan fingerprint density at radius 3 is 2.57 bits per heavy atom. The van der Waals surface area contributed by atoms with Crippen molar-refractivity contribution in [1.29, 1.82) is 0 Å². The Bertz CT molecular complexity index is 817. The molecule has 4 heteroatoms. The summed E-state index contributed by atoms with van der Waals surface area (Å²) < 4.78 is 3.39. The van der Waals surface area contributed by atoms with Gasteiger partial charge in [0, 0.05) is 31.3 Å². The van der Waals surface area contributed by atoms with Crippen LogP contribution in [-0.2, 0) is 6.54 Å². The standard InChI is InChI=1S/C19H19N3O/c23-19-21(15-16-22(19)18-10-12-20-13-11-18)14-6-2-5-9-17-7-3-1-4-8-17/h1,3-5,7-13,15-16H,2,6,14H2/b9-5+.